The van der Waals surface area contributed by atoms with Crippen LogP contribution >= 0.6 is 0 Å². The van der Waals surface area contributed by atoms with Gasteiger partial charge in [0.25, 0.3) is 0 Å². The molecule has 0 aromatic heterocycles. The highest BCUT2D eigenvalue weighted by molar-refractivity contribution is 6.60. The van der Waals surface area contributed by atoms with E-state index in [4.69, 9.17) is 13.3 Å². The molecule has 0 aromatic rings. The fourth-order valence-corrected chi connectivity index (χ4v) is 4.82. The summed E-state index contributed by atoms with van der Waals surface area (Å²) in [6.45, 7) is 13.4. The number of hydrogen-bond acceptors (Lipinski definition) is 5. The first-order valence-corrected chi connectivity index (χ1v) is 9.04. The third-order valence-corrected chi connectivity index (χ3v) is 6.06. The van der Waals surface area contributed by atoms with Crippen LogP contribution in [0, 0.1) is 0 Å². The molecule has 108 valence electrons. The van der Waals surface area contributed by atoms with Gasteiger partial charge in [-0.2, -0.15) is 0 Å². The van der Waals surface area contributed by atoms with E-state index < -0.39 is 8.80 Å². The van der Waals surface area contributed by atoms with Crippen LogP contribution in [0.5, 0.6) is 0 Å². The van der Waals surface area contributed by atoms with Crippen LogP contribution in [-0.4, -0.2) is 66.2 Å². The Bertz CT molecular complexity index is 196. The molecule has 1 heterocycles. The van der Waals surface area contributed by atoms with Crippen LogP contribution in [0.4, 0.5) is 0 Å². The molecule has 1 N–H and O–H groups in total. The first kappa shape index (κ1) is 16.1. The van der Waals surface area contributed by atoms with Gasteiger partial charge in [-0.05, 0) is 20.8 Å². The lowest BCUT2D eigenvalue weighted by atomic mass is 10.4. The predicted octanol–water partition coefficient (Wildman–Crippen LogP) is 0.940. The van der Waals surface area contributed by atoms with Crippen molar-refractivity contribution in [1.82, 2.24) is 10.2 Å². The smallest absolute Gasteiger partial charge is 0.374 e. The minimum absolute atomic E-state index is 0.660. The summed E-state index contributed by atoms with van der Waals surface area (Å²) in [5, 5.41) is 3.36. The summed E-state index contributed by atoms with van der Waals surface area (Å²) in [5.41, 5.74) is 0. The van der Waals surface area contributed by atoms with Crippen molar-refractivity contribution in [2.24, 2.45) is 0 Å². The SMILES string of the molecule is CCO[Si](CCN1CCNCC1)(OCC)OCC. The third-order valence-electron chi connectivity index (χ3n) is 3.04. The molecule has 0 saturated carbocycles. The second-order valence-electron chi connectivity index (χ2n) is 4.32. The number of nitrogens with zero attached hydrogens (tertiary/aromatic N) is 1. The van der Waals surface area contributed by atoms with Gasteiger partial charge in [0, 0.05) is 58.6 Å². The summed E-state index contributed by atoms with van der Waals surface area (Å²) in [4.78, 5) is 2.45. The van der Waals surface area contributed by atoms with Gasteiger partial charge in [0.2, 0.25) is 0 Å². The predicted molar refractivity (Wildman–Crippen MR) is 74.7 cm³/mol. The van der Waals surface area contributed by atoms with Crippen molar-refractivity contribution in [3.05, 3.63) is 0 Å². The minimum Gasteiger partial charge on any atom is -0.374 e. The van der Waals surface area contributed by atoms with Crippen LogP contribution in [0.2, 0.25) is 6.04 Å². The summed E-state index contributed by atoms with van der Waals surface area (Å²) >= 11 is 0. The Morgan fingerprint density at radius 2 is 1.44 bits per heavy atom. The highest BCUT2D eigenvalue weighted by Gasteiger charge is 2.40. The summed E-state index contributed by atoms with van der Waals surface area (Å²) < 4.78 is 17.6. The second kappa shape index (κ2) is 9.01. The Balaban J connectivity index is 2.46. The number of piperazine rings is 1. The maximum absolute atomic E-state index is 5.85. The van der Waals surface area contributed by atoms with E-state index in [-0.39, 0.29) is 0 Å². The molecule has 18 heavy (non-hydrogen) atoms. The molecule has 0 spiro atoms. The summed E-state index contributed by atoms with van der Waals surface area (Å²) in [5.74, 6) is 0. The second-order valence-corrected chi connectivity index (χ2v) is 7.06. The molecule has 5 nitrogen and oxygen atoms in total. The molecule has 1 aliphatic rings. The van der Waals surface area contributed by atoms with Gasteiger partial charge in [0.05, 0.1) is 0 Å². The zero-order valence-electron chi connectivity index (χ0n) is 12.0. The van der Waals surface area contributed by atoms with Gasteiger partial charge in [-0.25, -0.2) is 0 Å². The molecule has 0 atom stereocenters. The van der Waals surface area contributed by atoms with Crippen LogP contribution in [0.15, 0.2) is 0 Å². The van der Waals surface area contributed by atoms with Crippen molar-refractivity contribution in [2.75, 3.05) is 52.5 Å². The van der Waals surface area contributed by atoms with Crippen molar-refractivity contribution in [2.45, 2.75) is 26.8 Å². The minimum atomic E-state index is -2.44. The fourth-order valence-electron chi connectivity index (χ4n) is 2.23. The maximum Gasteiger partial charge on any atom is 0.502 e. The zero-order chi connectivity index (χ0) is 13.3. The summed E-state index contributed by atoms with van der Waals surface area (Å²) in [6, 6.07) is 0.891. The highest BCUT2D eigenvalue weighted by Crippen LogP contribution is 2.16. The maximum atomic E-state index is 5.85. The highest BCUT2D eigenvalue weighted by atomic mass is 28.4. The van der Waals surface area contributed by atoms with Crippen LogP contribution in [0.3, 0.4) is 0 Å². The van der Waals surface area contributed by atoms with Gasteiger partial charge in [0.15, 0.2) is 0 Å². The van der Waals surface area contributed by atoms with Crippen molar-refractivity contribution < 1.29 is 13.3 Å². The van der Waals surface area contributed by atoms with Crippen LogP contribution < -0.4 is 5.32 Å². The third kappa shape index (κ3) is 5.34. The van der Waals surface area contributed by atoms with Crippen molar-refractivity contribution in [3.8, 4) is 0 Å². The molecule has 0 amide bonds. The monoisotopic (exact) mass is 276 g/mol. The van der Waals surface area contributed by atoms with E-state index in [1.165, 1.54) is 0 Å². The molecule has 0 unspecified atom stereocenters. The Kier molecular flexibility index (Phi) is 8.04. The lowest BCUT2D eigenvalue weighted by molar-refractivity contribution is 0.0675. The van der Waals surface area contributed by atoms with Crippen molar-refractivity contribution >= 4 is 8.80 Å². The van der Waals surface area contributed by atoms with E-state index in [2.05, 4.69) is 10.2 Å². The van der Waals surface area contributed by atoms with Gasteiger partial charge in [0.1, 0.15) is 0 Å². The molecule has 0 radical (unpaired) electrons. The van der Waals surface area contributed by atoms with E-state index in [0.29, 0.717) is 19.8 Å². The van der Waals surface area contributed by atoms with Crippen LogP contribution in [0.25, 0.3) is 0 Å². The molecule has 1 rings (SSSR count). The zero-order valence-corrected chi connectivity index (χ0v) is 13.0. The molecule has 1 aliphatic heterocycles. The topological polar surface area (TPSA) is 43.0 Å². The van der Waals surface area contributed by atoms with Gasteiger partial charge in [-0.1, -0.05) is 0 Å². The lowest BCUT2D eigenvalue weighted by Gasteiger charge is -2.32. The van der Waals surface area contributed by atoms with Crippen molar-refractivity contribution in [3.63, 3.8) is 0 Å². The van der Waals surface area contributed by atoms with Crippen LogP contribution in [-0.2, 0) is 13.3 Å². The molecular formula is C12H28N2O3Si. The standard InChI is InChI=1S/C12H28N2O3Si/c1-4-15-18(16-5-2,17-6-3)12-11-14-9-7-13-8-10-14/h13H,4-12H2,1-3H3. The molecule has 0 bridgehead atoms. The van der Waals surface area contributed by atoms with E-state index in [1.54, 1.807) is 0 Å². The van der Waals surface area contributed by atoms with E-state index >= 15 is 0 Å². The van der Waals surface area contributed by atoms with Gasteiger partial charge in [-0.15, -0.1) is 0 Å². The van der Waals surface area contributed by atoms with E-state index in [0.717, 1.165) is 38.8 Å². The Hall–Kier alpha value is 0.0169. The number of hydrogen-bond donors (Lipinski definition) is 1. The van der Waals surface area contributed by atoms with E-state index in [9.17, 15) is 0 Å². The van der Waals surface area contributed by atoms with Crippen molar-refractivity contribution in [1.29, 1.82) is 0 Å². The van der Waals surface area contributed by atoms with E-state index in [1.807, 2.05) is 20.8 Å². The number of nitrogens with one attached hydrogen (secondary N) is 1. The van der Waals surface area contributed by atoms with Gasteiger partial charge < -0.3 is 23.5 Å². The lowest BCUT2D eigenvalue weighted by Crippen LogP contribution is -2.50. The molecule has 1 saturated heterocycles. The average molecular weight is 276 g/mol. The first-order valence-electron chi connectivity index (χ1n) is 7.11. The fraction of sp³-hybridized carbons (Fsp3) is 1.00. The Morgan fingerprint density at radius 3 is 1.89 bits per heavy atom. The summed E-state index contributed by atoms with van der Waals surface area (Å²) in [7, 11) is -2.44. The first-order chi connectivity index (χ1) is 8.76. The van der Waals surface area contributed by atoms with Crippen LogP contribution in [0.1, 0.15) is 20.8 Å². The largest absolute Gasteiger partial charge is 0.502 e. The molecule has 1 fully saturated rings. The molecule has 0 aliphatic carbocycles. The normalized spacial score (nSPS) is 18.2. The van der Waals surface area contributed by atoms with Gasteiger partial charge in [-0.3, -0.25) is 0 Å². The number of rotatable bonds is 9. The average Bonchev–Trinajstić information content (AvgIpc) is 2.39. The Labute approximate surface area is 112 Å². The van der Waals surface area contributed by atoms with Gasteiger partial charge >= 0.3 is 8.80 Å². The molecule has 6 heteroatoms. The quantitative estimate of drug-likeness (QED) is 0.635. The Morgan fingerprint density at radius 1 is 0.944 bits per heavy atom. The molecular weight excluding hydrogens is 248 g/mol. The molecule has 0 aromatic carbocycles. The summed E-state index contributed by atoms with van der Waals surface area (Å²) in [6.07, 6.45) is 0.